The number of H-pyrrole nitrogens is 1. The highest BCUT2D eigenvalue weighted by Gasteiger charge is 2.21. The number of fused-ring (bicyclic) bond motifs is 1. The van der Waals surface area contributed by atoms with E-state index in [0.717, 1.165) is 35.9 Å². The van der Waals surface area contributed by atoms with E-state index in [-0.39, 0.29) is 12.0 Å². The first-order valence-corrected chi connectivity index (χ1v) is 9.29. The molecule has 0 spiro atoms. The number of methoxy groups -OCH3 is 1. The maximum absolute atomic E-state index is 12.7. The minimum Gasteiger partial charge on any atom is -0.495 e. The molecule has 28 heavy (non-hydrogen) atoms. The van der Waals surface area contributed by atoms with Crippen molar-refractivity contribution < 1.29 is 14.3 Å². The van der Waals surface area contributed by atoms with E-state index in [1.807, 2.05) is 30.4 Å². The molecule has 2 N–H and O–H groups in total. The van der Waals surface area contributed by atoms with E-state index < -0.39 is 0 Å². The summed E-state index contributed by atoms with van der Waals surface area (Å²) in [5.41, 5.74) is 2.94. The molecule has 1 atom stereocenters. The molecule has 1 aliphatic rings. The van der Waals surface area contributed by atoms with Gasteiger partial charge in [0.15, 0.2) is 0 Å². The number of aromatic nitrogens is 3. The molecule has 7 nitrogen and oxygen atoms in total. The van der Waals surface area contributed by atoms with Gasteiger partial charge in [-0.25, -0.2) is 0 Å². The number of pyridine rings is 1. The van der Waals surface area contributed by atoms with Crippen LogP contribution in [0.2, 0.25) is 0 Å². The van der Waals surface area contributed by atoms with Crippen LogP contribution in [0.15, 0.2) is 36.7 Å². The first-order valence-electron chi connectivity index (χ1n) is 9.29. The Morgan fingerprint density at radius 1 is 1.39 bits per heavy atom. The molecule has 1 amide bonds. The molecule has 1 aromatic carbocycles. The monoisotopic (exact) mass is 378 g/mol. The van der Waals surface area contributed by atoms with Gasteiger partial charge in [-0.2, -0.15) is 5.10 Å². The lowest BCUT2D eigenvalue weighted by Crippen LogP contribution is -2.32. The third kappa shape index (κ3) is 3.75. The fraction of sp³-hybridized carbons (Fsp3) is 0.286. The highest BCUT2D eigenvalue weighted by molar-refractivity contribution is 6.05. The number of nitrogens with one attached hydrogen (secondary N) is 2. The summed E-state index contributed by atoms with van der Waals surface area (Å²) in [5, 5.41) is 11.1. The van der Waals surface area contributed by atoms with Crippen molar-refractivity contribution in [2.75, 3.05) is 20.3 Å². The van der Waals surface area contributed by atoms with Gasteiger partial charge in [-0.15, -0.1) is 0 Å². The molecule has 2 aromatic heterocycles. The minimum atomic E-state index is -0.183. The Labute approximate surface area is 162 Å². The van der Waals surface area contributed by atoms with Crippen molar-refractivity contribution in [3.63, 3.8) is 0 Å². The number of carbonyl (C=O) groups excluding carboxylic acids is 1. The van der Waals surface area contributed by atoms with Gasteiger partial charge in [-0.1, -0.05) is 12.1 Å². The van der Waals surface area contributed by atoms with Crippen molar-refractivity contribution in [2.45, 2.75) is 18.9 Å². The number of nitrogens with zero attached hydrogens (tertiary/aromatic N) is 2. The van der Waals surface area contributed by atoms with E-state index in [1.165, 1.54) is 0 Å². The number of carbonyl (C=O) groups is 1. The predicted molar refractivity (Wildman–Crippen MR) is 107 cm³/mol. The number of aromatic amines is 1. The molecule has 7 heteroatoms. The van der Waals surface area contributed by atoms with Crippen molar-refractivity contribution in [2.24, 2.45) is 0 Å². The number of benzene rings is 1. The minimum absolute atomic E-state index is 0.0885. The lowest BCUT2D eigenvalue weighted by molar-refractivity contribution is 0.0855. The molecule has 0 aliphatic carbocycles. The smallest absolute Gasteiger partial charge is 0.255 e. The van der Waals surface area contributed by atoms with Gasteiger partial charge < -0.3 is 14.8 Å². The molecule has 1 unspecified atom stereocenters. The standard InChI is InChI=1S/C21H22N4O3/c1-27-20-16(21(26)23-13-15-5-3-11-28-15)7-9-18-19(20)17(24-25-18)8-6-14-4-2-10-22-12-14/h2,4,6-10,12,15H,3,5,11,13H2,1H3,(H,23,26)(H,24,25)/b8-6+. The topological polar surface area (TPSA) is 89.1 Å². The fourth-order valence-electron chi connectivity index (χ4n) is 3.37. The van der Waals surface area contributed by atoms with Crippen LogP contribution in [0.25, 0.3) is 23.1 Å². The molecule has 0 radical (unpaired) electrons. The van der Waals surface area contributed by atoms with Crippen molar-refractivity contribution in [3.8, 4) is 5.75 Å². The van der Waals surface area contributed by atoms with E-state index in [2.05, 4.69) is 20.5 Å². The van der Waals surface area contributed by atoms with Gasteiger partial charge in [0, 0.05) is 25.5 Å². The van der Waals surface area contributed by atoms with Crippen molar-refractivity contribution >= 4 is 29.0 Å². The Kier molecular flexibility index (Phi) is 5.34. The first-order chi connectivity index (χ1) is 13.8. The van der Waals surface area contributed by atoms with E-state index in [4.69, 9.17) is 9.47 Å². The summed E-state index contributed by atoms with van der Waals surface area (Å²) in [6, 6.07) is 7.42. The highest BCUT2D eigenvalue weighted by atomic mass is 16.5. The lowest BCUT2D eigenvalue weighted by atomic mass is 10.1. The molecule has 1 aliphatic heterocycles. The number of amides is 1. The van der Waals surface area contributed by atoms with Crippen LogP contribution in [0, 0.1) is 0 Å². The average Bonchev–Trinajstić information content (AvgIpc) is 3.40. The second kappa shape index (κ2) is 8.22. The molecule has 1 fully saturated rings. The van der Waals surface area contributed by atoms with Crippen molar-refractivity contribution in [1.29, 1.82) is 0 Å². The molecule has 3 heterocycles. The SMILES string of the molecule is COc1c(C(=O)NCC2CCCO2)ccc2[nH]nc(/C=C/c3cccnc3)c12. The molecule has 4 rings (SSSR count). The molecule has 3 aromatic rings. The van der Waals surface area contributed by atoms with E-state index in [0.29, 0.717) is 23.6 Å². The Bertz CT molecular complexity index is 992. The van der Waals surface area contributed by atoms with Crippen LogP contribution in [0.3, 0.4) is 0 Å². The largest absolute Gasteiger partial charge is 0.495 e. The Morgan fingerprint density at radius 3 is 3.07 bits per heavy atom. The van der Waals surface area contributed by atoms with Gasteiger partial charge in [0.1, 0.15) is 5.75 Å². The number of ether oxygens (including phenoxy) is 2. The molecule has 1 saturated heterocycles. The molecule has 0 bridgehead atoms. The second-order valence-corrected chi connectivity index (χ2v) is 6.64. The normalized spacial score (nSPS) is 16.7. The summed E-state index contributed by atoms with van der Waals surface area (Å²) >= 11 is 0. The third-order valence-corrected chi connectivity index (χ3v) is 4.79. The summed E-state index contributed by atoms with van der Waals surface area (Å²) in [6.45, 7) is 1.26. The fourth-order valence-corrected chi connectivity index (χ4v) is 3.37. The summed E-state index contributed by atoms with van der Waals surface area (Å²) in [7, 11) is 1.56. The summed E-state index contributed by atoms with van der Waals surface area (Å²) in [4.78, 5) is 16.8. The van der Waals surface area contributed by atoms with E-state index >= 15 is 0 Å². The van der Waals surface area contributed by atoms with Crippen LogP contribution in [0.1, 0.15) is 34.5 Å². The van der Waals surface area contributed by atoms with E-state index in [9.17, 15) is 4.79 Å². The zero-order valence-corrected chi connectivity index (χ0v) is 15.6. The van der Waals surface area contributed by atoms with Crippen LogP contribution in [0.4, 0.5) is 0 Å². The van der Waals surface area contributed by atoms with Gasteiger partial charge in [-0.05, 0) is 42.7 Å². The van der Waals surface area contributed by atoms with E-state index in [1.54, 1.807) is 25.6 Å². The van der Waals surface area contributed by atoms with Crippen molar-refractivity contribution in [3.05, 3.63) is 53.5 Å². The molecule has 144 valence electrons. The van der Waals surface area contributed by atoms with Crippen LogP contribution in [-0.4, -0.2) is 47.5 Å². The quantitative estimate of drug-likeness (QED) is 0.688. The van der Waals surface area contributed by atoms with Gasteiger partial charge in [-0.3, -0.25) is 14.9 Å². The Morgan fingerprint density at radius 2 is 2.32 bits per heavy atom. The maximum Gasteiger partial charge on any atom is 0.255 e. The zero-order valence-electron chi connectivity index (χ0n) is 15.6. The average molecular weight is 378 g/mol. The zero-order chi connectivity index (χ0) is 19.3. The molecule has 0 saturated carbocycles. The van der Waals surface area contributed by atoms with Crippen LogP contribution < -0.4 is 10.1 Å². The number of hydrogen-bond acceptors (Lipinski definition) is 5. The highest BCUT2D eigenvalue weighted by Crippen LogP contribution is 2.32. The van der Waals surface area contributed by atoms with Crippen LogP contribution in [0.5, 0.6) is 5.75 Å². The van der Waals surface area contributed by atoms with Gasteiger partial charge >= 0.3 is 0 Å². The Hall–Kier alpha value is -3.19. The summed E-state index contributed by atoms with van der Waals surface area (Å²) in [5.74, 6) is 0.319. The number of rotatable bonds is 6. The second-order valence-electron chi connectivity index (χ2n) is 6.64. The summed E-state index contributed by atoms with van der Waals surface area (Å²) in [6.07, 6.45) is 9.40. The molecular weight excluding hydrogens is 356 g/mol. The maximum atomic E-state index is 12.7. The van der Waals surface area contributed by atoms with Crippen LogP contribution >= 0.6 is 0 Å². The first kappa shape index (κ1) is 18.2. The lowest BCUT2D eigenvalue weighted by Gasteiger charge is -2.13. The van der Waals surface area contributed by atoms with Gasteiger partial charge in [0.25, 0.3) is 5.91 Å². The van der Waals surface area contributed by atoms with Crippen LogP contribution in [-0.2, 0) is 4.74 Å². The van der Waals surface area contributed by atoms with Gasteiger partial charge in [0.05, 0.1) is 35.4 Å². The Balaban J connectivity index is 1.63. The molecular formula is C21H22N4O3. The van der Waals surface area contributed by atoms with Crippen molar-refractivity contribution in [1.82, 2.24) is 20.5 Å². The predicted octanol–water partition coefficient (Wildman–Crippen LogP) is 3.05. The summed E-state index contributed by atoms with van der Waals surface area (Å²) < 4.78 is 11.2. The number of hydrogen-bond donors (Lipinski definition) is 2. The van der Waals surface area contributed by atoms with Gasteiger partial charge in [0.2, 0.25) is 0 Å². The third-order valence-electron chi connectivity index (χ3n) is 4.79.